The largest absolute Gasteiger partial charge is 0.454 e. The molecule has 104 valence electrons. The van der Waals surface area contributed by atoms with Gasteiger partial charge < -0.3 is 24.8 Å². The van der Waals surface area contributed by atoms with Crippen molar-refractivity contribution < 1.29 is 14.6 Å². The van der Waals surface area contributed by atoms with Gasteiger partial charge in [-0.25, -0.2) is 0 Å². The molecule has 0 amide bonds. The first-order valence-electron chi connectivity index (χ1n) is 6.60. The Labute approximate surface area is 113 Å². The number of hydrogen-bond acceptors (Lipinski definition) is 5. The average Bonchev–Trinajstić information content (AvgIpc) is 2.83. The van der Waals surface area contributed by atoms with E-state index in [0.29, 0.717) is 6.79 Å². The lowest BCUT2D eigenvalue weighted by molar-refractivity contribution is 0.174. The van der Waals surface area contributed by atoms with E-state index in [9.17, 15) is 5.11 Å². The number of rotatable bonds is 2. The molecule has 0 saturated carbocycles. The summed E-state index contributed by atoms with van der Waals surface area (Å²) in [4.78, 5) is 2.28. The Morgan fingerprint density at radius 3 is 2.95 bits per heavy atom. The van der Waals surface area contributed by atoms with E-state index >= 15 is 0 Å². The standard InChI is InChI=1S/C14H20N2O3/c1-14(2)8-16(6-10(7-17)15-14)11-3-4-12-13(5-11)19-9-18-12/h3-5,10,15,17H,6-9H2,1-2H3. The van der Waals surface area contributed by atoms with Gasteiger partial charge in [-0.2, -0.15) is 0 Å². The molecule has 2 heterocycles. The summed E-state index contributed by atoms with van der Waals surface area (Å²) >= 11 is 0. The zero-order chi connectivity index (χ0) is 13.5. The summed E-state index contributed by atoms with van der Waals surface area (Å²) in [7, 11) is 0. The van der Waals surface area contributed by atoms with E-state index < -0.39 is 0 Å². The lowest BCUT2D eigenvalue weighted by atomic mass is 9.98. The first kappa shape index (κ1) is 12.6. The van der Waals surface area contributed by atoms with Gasteiger partial charge in [-0.1, -0.05) is 0 Å². The Morgan fingerprint density at radius 2 is 2.16 bits per heavy atom. The van der Waals surface area contributed by atoms with Gasteiger partial charge in [0.15, 0.2) is 11.5 Å². The second-order valence-corrected chi connectivity index (χ2v) is 5.83. The fourth-order valence-corrected chi connectivity index (χ4v) is 2.83. The van der Waals surface area contributed by atoms with Crippen LogP contribution in [0.3, 0.4) is 0 Å². The summed E-state index contributed by atoms with van der Waals surface area (Å²) in [6, 6.07) is 6.09. The van der Waals surface area contributed by atoms with Crippen LogP contribution in [0.25, 0.3) is 0 Å². The number of aliphatic hydroxyl groups is 1. The van der Waals surface area contributed by atoms with Crippen molar-refractivity contribution in [2.45, 2.75) is 25.4 Å². The minimum absolute atomic E-state index is 0.0258. The first-order chi connectivity index (χ1) is 9.07. The van der Waals surface area contributed by atoms with E-state index in [1.165, 1.54) is 0 Å². The van der Waals surface area contributed by atoms with Crippen molar-refractivity contribution in [1.82, 2.24) is 5.32 Å². The highest BCUT2D eigenvalue weighted by Crippen LogP contribution is 2.36. The highest BCUT2D eigenvalue weighted by Gasteiger charge is 2.32. The van der Waals surface area contributed by atoms with E-state index in [0.717, 1.165) is 30.3 Å². The van der Waals surface area contributed by atoms with Gasteiger partial charge in [0.2, 0.25) is 6.79 Å². The van der Waals surface area contributed by atoms with Crippen LogP contribution in [0.5, 0.6) is 11.5 Å². The molecule has 0 radical (unpaired) electrons. The Hall–Kier alpha value is -1.46. The Balaban J connectivity index is 1.84. The summed E-state index contributed by atoms with van der Waals surface area (Å²) < 4.78 is 10.8. The summed E-state index contributed by atoms with van der Waals surface area (Å²) in [5.74, 6) is 1.60. The van der Waals surface area contributed by atoms with Crippen LogP contribution in [0.2, 0.25) is 0 Å². The van der Waals surface area contributed by atoms with Crippen LogP contribution >= 0.6 is 0 Å². The number of benzene rings is 1. The lowest BCUT2D eigenvalue weighted by Gasteiger charge is -2.44. The maximum absolute atomic E-state index is 9.41. The van der Waals surface area contributed by atoms with E-state index in [4.69, 9.17) is 9.47 Å². The quantitative estimate of drug-likeness (QED) is 0.833. The number of aliphatic hydroxyl groups excluding tert-OH is 1. The molecule has 5 heteroatoms. The van der Waals surface area contributed by atoms with Gasteiger partial charge in [-0.05, 0) is 26.0 Å². The molecule has 1 unspecified atom stereocenters. The molecule has 0 spiro atoms. The molecule has 0 aromatic heterocycles. The van der Waals surface area contributed by atoms with Gasteiger partial charge in [0, 0.05) is 36.4 Å². The fourth-order valence-electron chi connectivity index (χ4n) is 2.83. The first-order valence-corrected chi connectivity index (χ1v) is 6.60. The SMILES string of the molecule is CC1(C)CN(c2ccc3c(c2)OCO3)CC(CO)N1. The maximum Gasteiger partial charge on any atom is 0.231 e. The number of hydrogen-bond donors (Lipinski definition) is 2. The predicted molar refractivity (Wildman–Crippen MR) is 72.9 cm³/mol. The highest BCUT2D eigenvalue weighted by molar-refractivity contribution is 5.57. The summed E-state index contributed by atoms with van der Waals surface area (Å²) in [6.07, 6.45) is 0. The van der Waals surface area contributed by atoms with E-state index in [1.54, 1.807) is 0 Å². The van der Waals surface area contributed by atoms with Crippen molar-refractivity contribution in [2.75, 3.05) is 31.4 Å². The Kier molecular flexibility index (Phi) is 3.03. The number of nitrogens with one attached hydrogen (secondary N) is 1. The van der Waals surface area contributed by atoms with Gasteiger partial charge in [-0.3, -0.25) is 0 Å². The van der Waals surface area contributed by atoms with Crippen LogP contribution in [-0.2, 0) is 0 Å². The average molecular weight is 264 g/mol. The molecule has 0 bridgehead atoms. The smallest absolute Gasteiger partial charge is 0.231 e. The normalized spacial score (nSPS) is 24.6. The van der Waals surface area contributed by atoms with Crippen LogP contribution in [0, 0.1) is 0 Å². The minimum atomic E-state index is -0.0258. The van der Waals surface area contributed by atoms with E-state index in [2.05, 4.69) is 24.1 Å². The van der Waals surface area contributed by atoms with Crippen molar-refractivity contribution in [3.05, 3.63) is 18.2 Å². The van der Waals surface area contributed by atoms with E-state index in [1.807, 2.05) is 18.2 Å². The molecular formula is C14H20N2O3. The molecule has 1 saturated heterocycles. The molecule has 1 aromatic rings. The molecule has 1 fully saturated rings. The van der Waals surface area contributed by atoms with Crippen molar-refractivity contribution in [3.63, 3.8) is 0 Å². The molecular weight excluding hydrogens is 244 g/mol. The van der Waals surface area contributed by atoms with Crippen LogP contribution in [0.4, 0.5) is 5.69 Å². The van der Waals surface area contributed by atoms with Gasteiger partial charge in [0.1, 0.15) is 0 Å². The number of piperazine rings is 1. The molecule has 5 nitrogen and oxygen atoms in total. The molecule has 3 rings (SSSR count). The second-order valence-electron chi connectivity index (χ2n) is 5.83. The van der Waals surface area contributed by atoms with Crippen molar-refractivity contribution in [1.29, 1.82) is 0 Å². The Bertz CT molecular complexity index is 476. The van der Waals surface area contributed by atoms with Crippen LogP contribution in [-0.4, -0.2) is 43.2 Å². The second kappa shape index (κ2) is 4.58. The number of anilines is 1. The number of nitrogens with zero attached hydrogens (tertiary/aromatic N) is 1. The van der Waals surface area contributed by atoms with Crippen molar-refractivity contribution in [2.24, 2.45) is 0 Å². The highest BCUT2D eigenvalue weighted by atomic mass is 16.7. The van der Waals surface area contributed by atoms with E-state index in [-0.39, 0.29) is 18.2 Å². The van der Waals surface area contributed by atoms with Gasteiger partial charge in [0.25, 0.3) is 0 Å². The lowest BCUT2D eigenvalue weighted by Crippen LogP contribution is -2.63. The molecule has 19 heavy (non-hydrogen) atoms. The molecule has 2 aliphatic heterocycles. The zero-order valence-electron chi connectivity index (χ0n) is 11.3. The fraction of sp³-hybridized carbons (Fsp3) is 0.571. The molecule has 0 aliphatic carbocycles. The zero-order valence-corrected chi connectivity index (χ0v) is 11.3. The third-order valence-electron chi connectivity index (χ3n) is 3.56. The van der Waals surface area contributed by atoms with Crippen LogP contribution < -0.4 is 19.7 Å². The molecule has 2 aliphatic rings. The van der Waals surface area contributed by atoms with Crippen molar-refractivity contribution in [3.8, 4) is 11.5 Å². The van der Waals surface area contributed by atoms with Gasteiger partial charge in [-0.15, -0.1) is 0 Å². The van der Waals surface area contributed by atoms with Gasteiger partial charge >= 0.3 is 0 Å². The number of fused-ring (bicyclic) bond motifs is 1. The van der Waals surface area contributed by atoms with Crippen molar-refractivity contribution >= 4 is 5.69 Å². The number of ether oxygens (including phenoxy) is 2. The molecule has 1 aromatic carbocycles. The summed E-state index contributed by atoms with van der Waals surface area (Å²) in [6.45, 7) is 6.42. The van der Waals surface area contributed by atoms with Gasteiger partial charge in [0.05, 0.1) is 6.61 Å². The monoisotopic (exact) mass is 264 g/mol. The molecule has 1 atom stereocenters. The Morgan fingerprint density at radius 1 is 1.37 bits per heavy atom. The predicted octanol–water partition coefficient (Wildman–Crippen LogP) is 0.964. The van der Waals surface area contributed by atoms with Crippen LogP contribution in [0.1, 0.15) is 13.8 Å². The summed E-state index contributed by atoms with van der Waals surface area (Å²) in [5, 5.41) is 12.9. The molecule has 2 N–H and O–H groups in total. The minimum Gasteiger partial charge on any atom is -0.454 e. The maximum atomic E-state index is 9.41. The summed E-state index contributed by atoms with van der Waals surface area (Å²) in [5.41, 5.74) is 1.08. The van der Waals surface area contributed by atoms with Crippen LogP contribution in [0.15, 0.2) is 18.2 Å². The third kappa shape index (κ3) is 2.48. The topological polar surface area (TPSA) is 54.0 Å². The third-order valence-corrected chi connectivity index (χ3v) is 3.56.